The van der Waals surface area contributed by atoms with Crippen molar-refractivity contribution in [2.24, 2.45) is 0 Å². The number of nitrogens with zero attached hydrogens (tertiary/aromatic N) is 1. The van der Waals surface area contributed by atoms with Crippen LogP contribution in [0.5, 0.6) is 0 Å². The number of halogens is 4. The summed E-state index contributed by atoms with van der Waals surface area (Å²) in [5.41, 5.74) is 1.87. The summed E-state index contributed by atoms with van der Waals surface area (Å²) in [5.74, 6) is -3.30. The molecule has 0 spiro atoms. The molecule has 0 bridgehead atoms. The minimum atomic E-state index is -1.36. The molecular formula is C21H16Cl4N2O5. The molecule has 1 aliphatic heterocycles. The first-order chi connectivity index (χ1) is 15.0. The Labute approximate surface area is 203 Å². The molecule has 1 heterocycles. The van der Waals surface area contributed by atoms with Crippen molar-refractivity contribution in [3.63, 3.8) is 0 Å². The van der Waals surface area contributed by atoms with Gasteiger partial charge in [0.25, 0.3) is 17.7 Å². The Morgan fingerprint density at radius 3 is 2.03 bits per heavy atom. The number of benzene rings is 2. The highest BCUT2D eigenvalue weighted by atomic mass is 35.5. The number of rotatable bonds is 5. The van der Waals surface area contributed by atoms with Crippen LogP contribution in [0.1, 0.15) is 38.8 Å². The van der Waals surface area contributed by atoms with E-state index in [4.69, 9.17) is 51.1 Å². The van der Waals surface area contributed by atoms with E-state index >= 15 is 0 Å². The Morgan fingerprint density at radius 2 is 1.50 bits per heavy atom. The molecule has 3 rings (SSSR count). The van der Waals surface area contributed by atoms with E-state index < -0.39 is 36.3 Å². The van der Waals surface area contributed by atoms with Gasteiger partial charge in [-0.3, -0.25) is 19.3 Å². The molecule has 0 saturated heterocycles. The lowest BCUT2D eigenvalue weighted by Crippen LogP contribution is -2.44. The number of anilines is 1. The molecule has 1 N–H and O–H groups in total. The van der Waals surface area contributed by atoms with E-state index in [1.807, 2.05) is 26.0 Å². The van der Waals surface area contributed by atoms with Gasteiger partial charge in [-0.15, -0.1) is 0 Å². The maximum atomic E-state index is 12.8. The summed E-state index contributed by atoms with van der Waals surface area (Å²) in [7, 11) is 0. The van der Waals surface area contributed by atoms with Crippen molar-refractivity contribution in [3.05, 3.63) is 60.5 Å². The molecule has 168 valence electrons. The molecule has 0 aromatic heterocycles. The molecule has 0 aliphatic carbocycles. The van der Waals surface area contributed by atoms with E-state index in [9.17, 15) is 19.2 Å². The van der Waals surface area contributed by atoms with Gasteiger partial charge in [-0.2, -0.15) is 0 Å². The van der Waals surface area contributed by atoms with Crippen molar-refractivity contribution in [2.45, 2.75) is 26.8 Å². The molecule has 3 amide bonds. The van der Waals surface area contributed by atoms with E-state index in [2.05, 4.69) is 5.32 Å². The Balaban J connectivity index is 1.72. The van der Waals surface area contributed by atoms with Crippen LogP contribution >= 0.6 is 46.4 Å². The number of carbonyl (C=O) groups excluding carboxylic acids is 4. The Morgan fingerprint density at radius 1 is 0.969 bits per heavy atom. The van der Waals surface area contributed by atoms with Crippen molar-refractivity contribution in [1.29, 1.82) is 0 Å². The van der Waals surface area contributed by atoms with Crippen molar-refractivity contribution >= 4 is 75.8 Å². The third-order valence-corrected chi connectivity index (χ3v) is 6.68. The number of ether oxygens (including phenoxy) is 1. The van der Waals surface area contributed by atoms with Gasteiger partial charge in [0.2, 0.25) is 0 Å². The summed E-state index contributed by atoms with van der Waals surface area (Å²) in [6, 6.07) is 4.16. The Kier molecular flexibility index (Phi) is 7.05. The number of imide groups is 1. The van der Waals surface area contributed by atoms with Crippen molar-refractivity contribution in [3.8, 4) is 0 Å². The minimum absolute atomic E-state index is 0.182. The fourth-order valence-corrected chi connectivity index (χ4v) is 4.15. The molecule has 0 unspecified atom stereocenters. The summed E-state index contributed by atoms with van der Waals surface area (Å²) in [4.78, 5) is 50.9. The lowest BCUT2D eigenvalue weighted by molar-refractivity contribution is -0.150. The van der Waals surface area contributed by atoms with E-state index in [-0.39, 0.29) is 31.2 Å². The molecule has 2 aromatic carbocycles. The second-order valence-electron chi connectivity index (χ2n) is 7.14. The topological polar surface area (TPSA) is 92.8 Å². The SMILES string of the molecule is Cc1ccc(C)c(NC(=O)COC(=O)[C@H](C)N2C(=O)c3c(Cl)c(Cl)c(Cl)c(Cl)c3C2=O)c1. The number of nitrogens with one attached hydrogen (secondary N) is 1. The minimum Gasteiger partial charge on any atom is -0.454 e. The van der Waals surface area contributed by atoms with Crippen LogP contribution < -0.4 is 5.32 Å². The largest absolute Gasteiger partial charge is 0.454 e. The highest BCUT2D eigenvalue weighted by Gasteiger charge is 2.45. The molecule has 7 nitrogen and oxygen atoms in total. The molecule has 2 aromatic rings. The highest BCUT2D eigenvalue weighted by molar-refractivity contribution is 6.55. The second kappa shape index (κ2) is 9.27. The Hall–Kier alpha value is -2.32. The number of esters is 1. The molecule has 0 saturated carbocycles. The van der Waals surface area contributed by atoms with Crippen LogP contribution in [-0.2, 0) is 14.3 Å². The van der Waals surface area contributed by atoms with Gasteiger partial charge in [-0.25, -0.2) is 4.79 Å². The summed E-state index contributed by atoms with van der Waals surface area (Å²) in [5, 5.41) is 1.79. The summed E-state index contributed by atoms with van der Waals surface area (Å²) >= 11 is 24.1. The van der Waals surface area contributed by atoms with Crippen molar-refractivity contribution in [2.75, 3.05) is 11.9 Å². The zero-order valence-electron chi connectivity index (χ0n) is 17.0. The number of fused-ring (bicyclic) bond motifs is 1. The van der Waals surface area contributed by atoms with Gasteiger partial charge in [-0.05, 0) is 38.0 Å². The standard InChI is InChI=1S/C21H16Cl4N2O5/c1-8-4-5-9(2)11(6-8)26-12(28)7-32-21(31)10(3)27-19(29)13-14(20(27)30)16(23)18(25)17(24)15(13)22/h4-6,10H,7H2,1-3H3,(H,26,28)/t10-/m0/s1. The first kappa shape index (κ1) is 24.3. The fraction of sp³-hybridized carbons (Fsp3) is 0.238. The molecule has 1 atom stereocenters. The maximum absolute atomic E-state index is 12.8. The lowest BCUT2D eigenvalue weighted by atomic mass is 10.1. The van der Waals surface area contributed by atoms with E-state index in [0.29, 0.717) is 10.6 Å². The third-order valence-electron chi connectivity index (χ3n) is 4.87. The van der Waals surface area contributed by atoms with Crippen molar-refractivity contribution in [1.82, 2.24) is 4.90 Å². The first-order valence-electron chi connectivity index (χ1n) is 9.23. The van der Waals surface area contributed by atoms with Crippen LogP contribution in [0.25, 0.3) is 0 Å². The number of aryl methyl sites for hydroxylation is 2. The van der Waals surface area contributed by atoms with Crippen LogP contribution in [0, 0.1) is 13.8 Å². The number of amides is 3. The summed E-state index contributed by atoms with van der Waals surface area (Å²) in [6.45, 7) is 4.36. The van der Waals surface area contributed by atoms with Crippen LogP contribution in [0.15, 0.2) is 18.2 Å². The smallest absolute Gasteiger partial charge is 0.329 e. The molecule has 0 fully saturated rings. The number of hydrogen-bond donors (Lipinski definition) is 1. The maximum Gasteiger partial charge on any atom is 0.329 e. The zero-order valence-corrected chi connectivity index (χ0v) is 20.0. The van der Waals surface area contributed by atoms with Gasteiger partial charge in [0.1, 0.15) is 6.04 Å². The van der Waals surface area contributed by atoms with Crippen LogP contribution in [0.4, 0.5) is 5.69 Å². The number of hydrogen-bond acceptors (Lipinski definition) is 5. The van der Waals surface area contributed by atoms with Gasteiger partial charge < -0.3 is 10.1 Å². The van der Waals surface area contributed by atoms with Gasteiger partial charge in [0, 0.05) is 5.69 Å². The average molecular weight is 518 g/mol. The number of carbonyl (C=O) groups is 4. The molecule has 1 aliphatic rings. The fourth-order valence-electron chi connectivity index (χ4n) is 3.14. The predicted molar refractivity (Wildman–Crippen MR) is 122 cm³/mol. The lowest BCUT2D eigenvalue weighted by Gasteiger charge is -2.21. The molecule has 11 heteroatoms. The molecular weight excluding hydrogens is 502 g/mol. The van der Waals surface area contributed by atoms with Gasteiger partial charge >= 0.3 is 5.97 Å². The molecule has 32 heavy (non-hydrogen) atoms. The predicted octanol–water partition coefficient (Wildman–Crippen LogP) is 5.08. The first-order valence-corrected chi connectivity index (χ1v) is 10.7. The van der Waals surface area contributed by atoms with Crippen molar-refractivity contribution < 1.29 is 23.9 Å². The van der Waals surface area contributed by atoms with E-state index in [1.54, 1.807) is 6.07 Å². The summed E-state index contributed by atoms with van der Waals surface area (Å²) in [6.07, 6.45) is 0. The Bertz CT molecular complexity index is 1130. The average Bonchev–Trinajstić information content (AvgIpc) is 3.01. The van der Waals surface area contributed by atoms with Gasteiger partial charge in [-0.1, -0.05) is 58.5 Å². The van der Waals surface area contributed by atoms with Crippen LogP contribution in [0.2, 0.25) is 20.1 Å². The van der Waals surface area contributed by atoms with Gasteiger partial charge in [0.15, 0.2) is 6.61 Å². The van der Waals surface area contributed by atoms with Crippen LogP contribution in [-0.4, -0.2) is 41.2 Å². The second-order valence-corrected chi connectivity index (χ2v) is 8.65. The zero-order chi connectivity index (χ0) is 23.9. The van der Waals surface area contributed by atoms with E-state index in [0.717, 1.165) is 11.1 Å². The van der Waals surface area contributed by atoms with Crippen LogP contribution in [0.3, 0.4) is 0 Å². The summed E-state index contributed by atoms with van der Waals surface area (Å²) < 4.78 is 5.01. The quantitative estimate of drug-likeness (QED) is 0.258. The third kappa shape index (κ3) is 4.30. The van der Waals surface area contributed by atoms with Gasteiger partial charge in [0.05, 0.1) is 31.2 Å². The normalized spacial score (nSPS) is 13.8. The van der Waals surface area contributed by atoms with E-state index in [1.165, 1.54) is 6.92 Å². The molecule has 0 radical (unpaired) electrons. The monoisotopic (exact) mass is 516 g/mol. The highest BCUT2D eigenvalue weighted by Crippen LogP contribution is 2.45.